The van der Waals surface area contributed by atoms with E-state index in [4.69, 9.17) is 16.3 Å². The number of hydrogen-bond acceptors (Lipinski definition) is 4. The van der Waals surface area contributed by atoms with Crippen molar-refractivity contribution in [2.45, 2.75) is 42.8 Å². The molecule has 0 amide bonds. The summed E-state index contributed by atoms with van der Waals surface area (Å²) in [5.74, 6) is 0.820. The van der Waals surface area contributed by atoms with Crippen LogP contribution in [0.5, 0.6) is 11.5 Å². The number of piperidine rings is 1. The molecule has 2 fully saturated rings. The third kappa shape index (κ3) is 3.50. The summed E-state index contributed by atoms with van der Waals surface area (Å²) in [5.41, 5.74) is 0.773. The molecule has 1 aliphatic carbocycles. The molecule has 0 spiro atoms. The summed E-state index contributed by atoms with van der Waals surface area (Å²) >= 11 is 6.23. The van der Waals surface area contributed by atoms with Crippen molar-refractivity contribution >= 4 is 17.4 Å². The summed E-state index contributed by atoms with van der Waals surface area (Å²) in [6, 6.07) is 16.9. The van der Waals surface area contributed by atoms with Gasteiger partial charge in [-0.15, -0.1) is 11.6 Å². The Morgan fingerprint density at radius 1 is 1.04 bits per heavy atom. The Bertz CT molecular complexity index is 782. The van der Waals surface area contributed by atoms with Crippen molar-refractivity contribution in [3.8, 4) is 11.5 Å². The number of carbonyl (C=O) groups excluding carboxylic acids is 1. The lowest BCUT2D eigenvalue weighted by Gasteiger charge is -2.43. The number of carbonyl (C=O) groups is 1. The molecule has 0 aromatic heterocycles. The van der Waals surface area contributed by atoms with Gasteiger partial charge in [0.1, 0.15) is 23.5 Å². The number of hydrogen-bond donors (Lipinski definition) is 2. The Morgan fingerprint density at radius 2 is 1.81 bits per heavy atom. The van der Waals surface area contributed by atoms with Gasteiger partial charge in [0.2, 0.25) is 0 Å². The fraction of sp³-hybridized carbons (Fsp3) is 0.381. The molecule has 2 aliphatic rings. The van der Waals surface area contributed by atoms with E-state index in [0.717, 1.165) is 30.6 Å². The zero-order valence-electron chi connectivity index (χ0n) is 14.3. The van der Waals surface area contributed by atoms with E-state index in [1.165, 1.54) is 0 Å². The maximum absolute atomic E-state index is 13.1. The molecule has 1 heterocycles. The third-order valence-corrected chi connectivity index (χ3v) is 5.75. The zero-order valence-corrected chi connectivity index (χ0v) is 15.1. The molecule has 1 saturated heterocycles. The summed E-state index contributed by atoms with van der Waals surface area (Å²) < 4.78 is 5.87. The molecule has 1 aliphatic heterocycles. The predicted octanol–water partition coefficient (Wildman–Crippen LogP) is 3.83. The molecule has 4 rings (SSSR count). The van der Waals surface area contributed by atoms with Gasteiger partial charge in [0.25, 0.3) is 0 Å². The van der Waals surface area contributed by atoms with Crippen LogP contribution in [0.3, 0.4) is 0 Å². The van der Waals surface area contributed by atoms with E-state index < -0.39 is 12.1 Å². The number of ketones is 1. The molecule has 0 radical (unpaired) electrons. The second-order valence-electron chi connectivity index (χ2n) is 7.10. The third-order valence-electron chi connectivity index (χ3n) is 5.35. The number of alkyl halides is 1. The number of rotatable bonds is 3. The molecule has 2 aromatic carbocycles. The van der Waals surface area contributed by atoms with Gasteiger partial charge in [-0.1, -0.05) is 30.3 Å². The molecular formula is C21H22ClNO3. The van der Waals surface area contributed by atoms with Gasteiger partial charge in [0.05, 0.1) is 5.92 Å². The Hall–Kier alpha value is -1.88. The normalized spacial score (nSPS) is 31.3. The number of aliphatic hydroxyl groups is 1. The van der Waals surface area contributed by atoms with E-state index in [-0.39, 0.29) is 23.1 Å². The summed E-state index contributed by atoms with van der Waals surface area (Å²) in [6.45, 7) is 0. The molecule has 136 valence electrons. The number of Topliss-reactive ketones (excluding diaryl/α,β-unsaturated/α-hetero) is 1. The molecule has 4 nitrogen and oxygen atoms in total. The molecule has 1 saturated carbocycles. The van der Waals surface area contributed by atoms with Crippen molar-refractivity contribution < 1.29 is 14.6 Å². The minimum Gasteiger partial charge on any atom is -0.457 e. The first-order chi connectivity index (χ1) is 12.6. The first-order valence-corrected chi connectivity index (χ1v) is 9.50. The number of fused-ring (bicyclic) bond motifs is 1. The van der Waals surface area contributed by atoms with E-state index >= 15 is 0 Å². The molecule has 5 unspecified atom stereocenters. The van der Waals surface area contributed by atoms with Crippen LogP contribution in [0.4, 0.5) is 0 Å². The highest BCUT2D eigenvalue weighted by molar-refractivity contribution is 6.20. The lowest BCUT2D eigenvalue weighted by molar-refractivity contribution is -0.134. The average molecular weight is 372 g/mol. The summed E-state index contributed by atoms with van der Waals surface area (Å²) in [5, 5.41) is 13.9. The number of nitrogens with one attached hydrogen (secondary N) is 1. The predicted molar refractivity (Wildman–Crippen MR) is 101 cm³/mol. The highest BCUT2D eigenvalue weighted by atomic mass is 35.5. The smallest absolute Gasteiger partial charge is 0.148 e. The Balaban J connectivity index is 1.57. The van der Waals surface area contributed by atoms with Gasteiger partial charge < -0.3 is 9.84 Å². The number of benzene rings is 2. The lowest BCUT2D eigenvalue weighted by atomic mass is 9.72. The quantitative estimate of drug-likeness (QED) is 0.805. The van der Waals surface area contributed by atoms with E-state index in [0.29, 0.717) is 5.75 Å². The lowest BCUT2D eigenvalue weighted by Crippen LogP contribution is -2.58. The van der Waals surface area contributed by atoms with Crippen molar-refractivity contribution in [1.29, 1.82) is 0 Å². The summed E-state index contributed by atoms with van der Waals surface area (Å²) in [4.78, 5) is 13.1. The largest absolute Gasteiger partial charge is 0.457 e. The van der Waals surface area contributed by atoms with E-state index in [2.05, 4.69) is 5.32 Å². The molecule has 2 aromatic rings. The Morgan fingerprint density at radius 3 is 2.62 bits per heavy atom. The molecule has 0 bridgehead atoms. The van der Waals surface area contributed by atoms with Crippen LogP contribution in [0, 0.1) is 5.92 Å². The highest BCUT2D eigenvalue weighted by Gasteiger charge is 2.45. The number of para-hydroxylation sites is 1. The van der Waals surface area contributed by atoms with Crippen molar-refractivity contribution in [1.82, 2.24) is 5.32 Å². The van der Waals surface area contributed by atoms with Gasteiger partial charge in [-0.05, 0) is 49.1 Å². The summed E-state index contributed by atoms with van der Waals surface area (Å²) in [7, 11) is 0. The number of halogens is 1. The minimum absolute atomic E-state index is 0.0336. The fourth-order valence-electron chi connectivity index (χ4n) is 4.09. The molecule has 2 N–H and O–H groups in total. The maximum atomic E-state index is 13.1. The first kappa shape index (κ1) is 17.5. The maximum Gasteiger partial charge on any atom is 0.148 e. The molecule has 5 heteroatoms. The second kappa shape index (κ2) is 7.39. The van der Waals surface area contributed by atoms with E-state index in [9.17, 15) is 9.90 Å². The van der Waals surface area contributed by atoms with Gasteiger partial charge in [0.15, 0.2) is 0 Å². The topological polar surface area (TPSA) is 58.6 Å². The van der Waals surface area contributed by atoms with Gasteiger partial charge in [-0.25, -0.2) is 0 Å². The van der Waals surface area contributed by atoms with Crippen LogP contribution < -0.4 is 10.1 Å². The van der Waals surface area contributed by atoms with Crippen LogP contribution in [-0.4, -0.2) is 28.5 Å². The summed E-state index contributed by atoms with van der Waals surface area (Å²) in [6.07, 6.45) is 1.43. The van der Waals surface area contributed by atoms with Gasteiger partial charge >= 0.3 is 0 Å². The van der Waals surface area contributed by atoms with Crippen LogP contribution in [0.25, 0.3) is 0 Å². The molecule has 5 atom stereocenters. The average Bonchev–Trinajstić information content (AvgIpc) is 2.62. The number of aliphatic hydroxyl groups excluding tert-OH is 1. The zero-order chi connectivity index (χ0) is 18.1. The SMILES string of the molecule is O=C1C2CCC(Cl)CC2NC(O)C1c1cccc(Oc2ccccc2)c1. The molecular weight excluding hydrogens is 350 g/mol. The van der Waals surface area contributed by atoms with Crippen LogP contribution in [0.15, 0.2) is 54.6 Å². The van der Waals surface area contributed by atoms with Gasteiger partial charge in [-0.3, -0.25) is 10.1 Å². The van der Waals surface area contributed by atoms with Crippen molar-refractivity contribution in [3.63, 3.8) is 0 Å². The van der Waals surface area contributed by atoms with Crippen molar-refractivity contribution in [2.75, 3.05) is 0 Å². The molecule has 26 heavy (non-hydrogen) atoms. The van der Waals surface area contributed by atoms with Crippen molar-refractivity contribution in [3.05, 3.63) is 60.2 Å². The Labute approximate surface area is 158 Å². The van der Waals surface area contributed by atoms with Gasteiger partial charge in [-0.2, -0.15) is 0 Å². The fourth-order valence-corrected chi connectivity index (χ4v) is 4.41. The van der Waals surface area contributed by atoms with Crippen LogP contribution >= 0.6 is 11.6 Å². The second-order valence-corrected chi connectivity index (χ2v) is 7.72. The standard InChI is InChI=1S/C21H22ClNO3/c22-14-9-10-17-18(12-14)23-21(25)19(20(17)24)13-5-4-8-16(11-13)26-15-6-2-1-3-7-15/h1-8,11,14,17-19,21,23,25H,9-10,12H2. The van der Waals surface area contributed by atoms with E-state index in [1.807, 2.05) is 54.6 Å². The Kier molecular flexibility index (Phi) is 4.98. The van der Waals surface area contributed by atoms with E-state index in [1.54, 1.807) is 0 Å². The van der Waals surface area contributed by atoms with Crippen LogP contribution in [0.1, 0.15) is 30.7 Å². The minimum atomic E-state index is -0.905. The monoisotopic (exact) mass is 371 g/mol. The van der Waals surface area contributed by atoms with Crippen molar-refractivity contribution in [2.24, 2.45) is 5.92 Å². The number of ether oxygens (including phenoxy) is 1. The first-order valence-electron chi connectivity index (χ1n) is 9.06. The van der Waals surface area contributed by atoms with Crippen LogP contribution in [0.2, 0.25) is 0 Å². The highest BCUT2D eigenvalue weighted by Crippen LogP contribution is 2.38. The van der Waals surface area contributed by atoms with Gasteiger partial charge in [0, 0.05) is 17.3 Å². The van der Waals surface area contributed by atoms with Crippen LogP contribution in [-0.2, 0) is 4.79 Å².